The van der Waals surface area contributed by atoms with Crippen molar-refractivity contribution in [3.05, 3.63) is 59.7 Å². The Bertz CT molecular complexity index is 884. The minimum atomic E-state index is -0.709. The maximum Gasteiger partial charge on any atom is 0.227 e. The smallest absolute Gasteiger partial charge is 0.227 e. The van der Waals surface area contributed by atoms with E-state index in [9.17, 15) is 9.90 Å². The molecule has 0 unspecified atom stereocenters. The van der Waals surface area contributed by atoms with Gasteiger partial charge in [-0.3, -0.25) is 4.79 Å². The Morgan fingerprint density at radius 1 is 1.07 bits per heavy atom. The van der Waals surface area contributed by atoms with Gasteiger partial charge in [0, 0.05) is 12.5 Å². The number of carbonyl (C=O) groups excluding carboxylic acids is 1. The van der Waals surface area contributed by atoms with Crippen LogP contribution in [0.25, 0.3) is 0 Å². The van der Waals surface area contributed by atoms with Crippen molar-refractivity contribution in [2.45, 2.75) is 50.2 Å². The number of hydrogen-bond donors (Lipinski definition) is 1. The van der Waals surface area contributed by atoms with Gasteiger partial charge in [0.25, 0.3) is 0 Å². The average molecular weight is 410 g/mol. The number of hydrogen-bond acceptors (Lipinski definition) is 4. The largest absolute Gasteiger partial charge is 0.493 e. The third kappa shape index (κ3) is 3.91. The van der Waals surface area contributed by atoms with Gasteiger partial charge < -0.3 is 19.5 Å². The molecule has 5 heteroatoms. The Morgan fingerprint density at radius 2 is 1.83 bits per heavy atom. The highest BCUT2D eigenvalue weighted by atomic mass is 16.5. The normalized spacial score (nSPS) is 26.0. The van der Waals surface area contributed by atoms with Crippen molar-refractivity contribution in [3.8, 4) is 11.5 Å². The quantitative estimate of drug-likeness (QED) is 0.806. The van der Waals surface area contributed by atoms with Crippen molar-refractivity contribution in [3.63, 3.8) is 0 Å². The Morgan fingerprint density at radius 3 is 2.57 bits per heavy atom. The minimum Gasteiger partial charge on any atom is -0.493 e. The van der Waals surface area contributed by atoms with E-state index in [1.165, 1.54) is 0 Å². The van der Waals surface area contributed by atoms with Gasteiger partial charge in [-0.25, -0.2) is 0 Å². The van der Waals surface area contributed by atoms with Crippen molar-refractivity contribution in [2.24, 2.45) is 5.92 Å². The summed E-state index contributed by atoms with van der Waals surface area (Å²) >= 11 is 0. The average Bonchev–Trinajstić information content (AvgIpc) is 2.78. The fraction of sp³-hybridized carbons (Fsp3) is 0.480. The molecule has 160 valence electrons. The van der Waals surface area contributed by atoms with E-state index >= 15 is 0 Å². The third-order valence-electron chi connectivity index (χ3n) is 6.84. The van der Waals surface area contributed by atoms with E-state index < -0.39 is 5.60 Å². The Hall–Kier alpha value is -2.53. The molecular weight excluding hydrogens is 378 g/mol. The molecule has 1 aliphatic carbocycles. The van der Waals surface area contributed by atoms with Gasteiger partial charge in [-0.1, -0.05) is 49.2 Å². The van der Waals surface area contributed by atoms with Crippen LogP contribution in [-0.4, -0.2) is 42.3 Å². The molecule has 1 heterocycles. The molecule has 0 aromatic heterocycles. The summed E-state index contributed by atoms with van der Waals surface area (Å²) in [5.74, 6) is 1.44. The zero-order chi connectivity index (χ0) is 21.1. The molecule has 0 spiro atoms. The van der Waals surface area contributed by atoms with Gasteiger partial charge in [0.2, 0.25) is 5.91 Å². The van der Waals surface area contributed by atoms with Gasteiger partial charge in [-0.2, -0.15) is 0 Å². The molecule has 3 atom stereocenters. The Balaban J connectivity index is 1.70. The lowest BCUT2D eigenvalue weighted by molar-refractivity contribution is -0.154. The maximum atomic E-state index is 13.4. The van der Waals surface area contributed by atoms with Crippen LogP contribution in [0.15, 0.2) is 48.5 Å². The van der Waals surface area contributed by atoms with Crippen molar-refractivity contribution < 1.29 is 19.4 Å². The summed E-state index contributed by atoms with van der Waals surface area (Å²) in [6, 6.07) is 15.6. The van der Waals surface area contributed by atoms with E-state index in [0.29, 0.717) is 30.9 Å². The van der Waals surface area contributed by atoms with Crippen LogP contribution < -0.4 is 9.47 Å². The van der Waals surface area contributed by atoms with Crippen LogP contribution in [0.3, 0.4) is 0 Å². The molecule has 2 aromatic carbocycles. The molecule has 5 nitrogen and oxygen atoms in total. The number of carbonyl (C=O) groups is 1. The number of amides is 1. The molecule has 1 N–H and O–H groups in total. The van der Waals surface area contributed by atoms with Crippen LogP contribution in [0.1, 0.15) is 49.3 Å². The lowest BCUT2D eigenvalue weighted by atomic mass is 9.66. The number of piperidine rings is 1. The number of fused-ring (bicyclic) bond motifs is 1. The van der Waals surface area contributed by atoms with E-state index in [1.807, 2.05) is 53.4 Å². The maximum absolute atomic E-state index is 13.4. The molecular formula is C25H31NO4. The van der Waals surface area contributed by atoms with Gasteiger partial charge in [-0.05, 0) is 42.5 Å². The first-order valence-corrected chi connectivity index (χ1v) is 10.8. The van der Waals surface area contributed by atoms with Gasteiger partial charge in [-0.15, -0.1) is 0 Å². The van der Waals surface area contributed by atoms with E-state index in [0.717, 1.165) is 36.8 Å². The first-order chi connectivity index (χ1) is 14.6. The zero-order valence-corrected chi connectivity index (χ0v) is 17.8. The van der Waals surface area contributed by atoms with E-state index in [-0.39, 0.29) is 17.9 Å². The molecule has 1 saturated carbocycles. The molecule has 30 heavy (non-hydrogen) atoms. The van der Waals surface area contributed by atoms with E-state index in [2.05, 4.69) is 0 Å². The fourth-order valence-electron chi connectivity index (χ4n) is 5.28. The van der Waals surface area contributed by atoms with Gasteiger partial charge in [0.15, 0.2) is 11.5 Å². The predicted octanol–water partition coefficient (Wildman–Crippen LogP) is 4.14. The monoisotopic (exact) mass is 409 g/mol. The van der Waals surface area contributed by atoms with Crippen LogP contribution in [-0.2, 0) is 11.2 Å². The molecule has 1 aliphatic heterocycles. The number of ether oxygens (including phenoxy) is 2. The molecule has 0 bridgehead atoms. The fourth-order valence-corrected chi connectivity index (χ4v) is 5.28. The number of nitrogens with zero attached hydrogens (tertiary/aromatic N) is 1. The third-order valence-corrected chi connectivity index (χ3v) is 6.84. The van der Waals surface area contributed by atoms with Gasteiger partial charge >= 0.3 is 0 Å². The highest BCUT2D eigenvalue weighted by Gasteiger charge is 2.50. The van der Waals surface area contributed by atoms with Gasteiger partial charge in [0.05, 0.1) is 32.3 Å². The molecule has 2 aliphatic rings. The Labute approximate surface area is 178 Å². The topological polar surface area (TPSA) is 59.0 Å². The summed E-state index contributed by atoms with van der Waals surface area (Å²) in [4.78, 5) is 15.4. The van der Waals surface area contributed by atoms with Crippen LogP contribution in [0.2, 0.25) is 0 Å². The first kappa shape index (κ1) is 20.7. The van der Waals surface area contributed by atoms with Gasteiger partial charge in [0.1, 0.15) is 0 Å². The number of aliphatic hydroxyl groups is 1. The van der Waals surface area contributed by atoms with Crippen molar-refractivity contribution >= 4 is 5.91 Å². The predicted molar refractivity (Wildman–Crippen MR) is 116 cm³/mol. The standard InChI is InChI=1S/C25H31NO4/c1-29-21-12-11-19(17-22(21)30-2)24-20-10-6-7-13-25(20,28)14-15-26(24)23(27)16-18-8-4-3-5-9-18/h3-5,8-9,11-12,17,20,24,28H,6-7,10,13-16H2,1-2H3/t20-,24+,25+/m0/s1. The van der Waals surface area contributed by atoms with Crippen LogP contribution in [0.4, 0.5) is 0 Å². The number of likely N-dealkylation sites (tertiary alicyclic amines) is 1. The summed E-state index contributed by atoms with van der Waals surface area (Å²) in [6.07, 6.45) is 4.87. The van der Waals surface area contributed by atoms with Crippen molar-refractivity contribution in [2.75, 3.05) is 20.8 Å². The molecule has 2 fully saturated rings. The molecule has 1 saturated heterocycles. The summed E-state index contributed by atoms with van der Waals surface area (Å²) in [7, 11) is 3.24. The lowest BCUT2D eigenvalue weighted by Gasteiger charge is -2.52. The van der Waals surface area contributed by atoms with Crippen LogP contribution in [0.5, 0.6) is 11.5 Å². The highest BCUT2D eigenvalue weighted by Crippen LogP contribution is 2.50. The minimum absolute atomic E-state index is 0.0258. The van der Waals surface area contributed by atoms with Crippen molar-refractivity contribution in [1.29, 1.82) is 0 Å². The second kappa shape index (κ2) is 8.68. The molecule has 1 amide bonds. The van der Waals surface area contributed by atoms with E-state index in [1.54, 1.807) is 14.2 Å². The summed E-state index contributed by atoms with van der Waals surface area (Å²) < 4.78 is 10.9. The second-order valence-electron chi connectivity index (χ2n) is 8.51. The SMILES string of the molecule is COc1ccc([C@@H]2[C@@H]3CCCC[C@@]3(O)CCN2C(=O)Cc2ccccc2)cc1OC. The molecule has 0 radical (unpaired) electrons. The van der Waals surface area contributed by atoms with Crippen LogP contribution in [0, 0.1) is 5.92 Å². The highest BCUT2D eigenvalue weighted by molar-refractivity contribution is 5.79. The number of benzene rings is 2. The second-order valence-corrected chi connectivity index (χ2v) is 8.51. The lowest BCUT2D eigenvalue weighted by Crippen LogP contribution is -2.56. The van der Waals surface area contributed by atoms with Crippen molar-refractivity contribution in [1.82, 2.24) is 4.90 Å². The summed E-state index contributed by atoms with van der Waals surface area (Å²) in [6.45, 7) is 0.567. The number of methoxy groups -OCH3 is 2. The van der Waals surface area contributed by atoms with Crippen LogP contribution >= 0.6 is 0 Å². The Kier molecular flexibility index (Phi) is 6.00. The van der Waals surface area contributed by atoms with E-state index in [4.69, 9.17) is 9.47 Å². The number of rotatable bonds is 5. The first-order valence-electron chi connectivity index (χ1n) is 10.8. The summed E-state index contributed by atoms with van der Waals surface area (Å²) in [5.41, 5.74) is 1.30. The molecule has 4 rings (SSSR count). The summed E-state index contributed by atoms with van der Waals surface area (Å²) in [5, 5.41) is 11.4. The zero-order valence-electron chi connectivity index (χ0n) is 17.8. The molecule has 2 aromatic rings.